The lowest BCUT2D eigenvalue weighted by Crippen LogP contribution is -2.19. The highest BCUT2D eigenvalue weighted by atomic mass is 31.2. The Morgan fingerprint density at radius 3 is 2.36 bits per heavy atom. The molecule has 1 unspecified atom stereocenters. The molecular weight excluding hydrogens is 297 g/mol. The summed E-state index contributed by atoms with van der Waals surface area (Å²) in [4.78, 5) is 19.3. The Balaban J connectivity index is 2.03. The monoisotopic (exact) mass is 315 g/mol. The lowest BCUT2D eigenvalue weighted by molar-refractivity contribution is 0.370. The average molecular weight is 315 g/mol. The fourth-order valence-corrected chi connectivity index (χ4v) is 2.71. The third-order valence-electron chi connectivity index (χ3n) is 3.09. The molecule has 0 saturated heterocycles. The minimum absolute atomic E-state index is 0.210. The zero-order valence-electron chi connectivity index (χ0n) is 12.0. The van der Waals surface area contributed by atoms with E-state index in [1.54, 1.807) is 24.3 Å². The molecule has 0 amide bonds. The van der Waals surface area contributed by atoms with Crippen LogP contribution in [-0.2, 0) is 6.54 Å². The Hall–Kier alpha value is -1.89. The van der Waals surface area contributed by atoms with Crippen molar-refractivity contribution in [3.8, 4) is 18.1 Å². The zero-order valence-corrected chi connectivity index (χ0v) is 12.9. The first kappa shape index (κ1) is 16.5. The van der Waals surface area contributed by atoms with E-state index in [2.05, 4.69) is 11.2 Å². The van der Waals surface area contributed by atoms with Gasteiger partial charge in [0.05, 0.1) is 0 Å². The predicted octanol–water partition coefficient (Wildman–Crippen LogP) is 2.78. The van der Waals surface area contributed by atoms with Crippen molar-refractivity contribution in [2.24, 2.45) is 0 Å². The van der Waals surface area contributed by atoms with Crippen LogP contribution in [0.25, 0.3) is 0 Å². The van der Waals surface area contributed by atoms with E-state index in [0.29, 0.717) is 12.3 Å². The van der Waals surface area contributed by atoms with Crippen molar-refractivity contribution in [2.75, 3.05) is 6.61 Å². The van der Waals surface area contributed by atoms with Crippen LogP contribution in [0.2, 0.25) is 0 Å². The van der Waals surface area contributed by atoms with Gasteiger partial charge in [-0.3, -0.25) is 5.32 Å². The lowest BCUT2D eigenvalue weighted by Gasteiger charge is -2.20. The fourth-order valence-electron chi connectivity index (χ4n) is 2.01. The third-order valence-corrected chi connectivity index (χ3v) is 4.03. The quantitative estimate of drug-likeness (QED) is 0.543. The number of benzene rings is 2. The second kappa shape index (κ2) is 8.53. The SMILES string of the molecule is C#CCOc1ccc(C(NCc2ccccc2)P(O)O)cc1. The summed E-state index contributed by atoms with van der Waals surface area (Å²) in [6.45, 7) is 0.766. The van der Waals surface area contributed by atoms with Gasteiger partial charge in [0.2, 0.25) is 0 Å². The van der Waals surface area contributed by atoms with Gasteiger partial charge in [0.25, 0.3) is 0 Å². The van der Waals surface area contributed by atoms with E-state index in [1.165, 1.54) is 0 Å². The fraction of sp³-hybridized carbons (Fsp3) is 0.176. The molecule has 22 heavy (non-hydrogen) atoms. The van der Waals surface area contributed by atoms with E-state index in [9.17, 15) is 9.79 Å². The normalized spacial score (nSPS) is 11.9. The molecule has 0 spiro atoms. The maximum atomic E-state index is 9.65. The zero-order chi connectivity index (χ0) is 15.8. The summed E-state index contributed by atoms with van der Waals surface area (Å²) in [5, 5.41) is 3.17. The molecule has 0 radical (unpaired) electrons. The number of ether oxygens (including phenoxy) is 1. The maximum absolute atomic E-state index is 9.65. The van der Waals surface area contributed by atoms with Crippen LogP contribution in [-0.4, -0.2) is 16.4 Å². The van der Waals surface area contributed by atoms with Crippen LogP contribution in [0.4, 0.5) is 0 Å². The average Bonchev–Trinajstić information content (AvgIpc) is 2.55. The highest BCUT2D eigenvalue weighted by molar-refractivity contribution is 7.45. The molecule has 2 aromatic carbocycles. The molecule has 0 aliphatic carbocycles. The van der Waals surface area contributed by atoms with E-state index in [1.807, 2.05) is 30.3 Å². The number of rotatable bonds is 7. The number of terminal acetylenes is 1. The first-order chi connectivity index (χ1) is 10.7. The van der Waals surface area contributed by atoms with Crippen LogP contribution in [0, 0.1) is 12.3 Å². The van der Waals surface area contributed by atoms with Gasteiger partial charge in [-0.1, -0.05) is 48.4 Å². The van der Waals surface area contributed by atoms with Crippen LogP contribution in [0.15, 0.2) is 54.6 Å². The van der Waals surface area contributed by atoms with E-state index < -0.39 is 14.2 Å². The Labute approximate surface area is 131 Å². The molecule has 0 saturated carbocycles. The first-order valence-electron chi connectivity index (χ1n) is 6.81. The molecule has 0 aliphatic heterocycles. The topological polar surface area (TPSA) is 61.7 Å². The second-order valence-electron chi connectivity index (χ2n) is 4.65. The lowest BCUT2D eigenvalue weighted by atomic mass is 10.2. The van der Waals surface area contributed by atoms with Gasteiger partial charge >= 0.3 is 0 Å². The number of hydrogen-bond acceptors (Lipinski definition) is 4. The summed E-state index contributed by atoms with van der Waals surface area (Å²) in [6, 6.07) is 16.9. The van der Waals surface area contributed by atoms with E-state index in [0.717, 1.165) is 11.1 Å². The van der Waals surface area contributed by atoms with Gasteiger partial charge in [0, 0.05) is 6.54 Å². The van der Waals surface area contributed by atoms with Gasteiger partial charge in [-0.05, 0) is 23.3 Å². The van der Waals surface area contributed by atoms with Crippen LogP contribution in [0.5, 0.6) is 5.75 Å². The molecule has 2 rings (SSSR count). The van der Waals surface area contributed by atoms with Crippen molar-refractivity contribution >= 4 is 8.38 Å². The molecule has 0 heterocycles. The summed E-state index contributed by atoms with van der Waals surface area (Å²) in [7, 11) is -2.14. The van der Waals surface area contributed by atoms with Crippen LogP contribution in [0.1, 0.15) is 16.9 Å². The minimum Gasteiger partial charge on any atom is -0.481 e. The van der Waals surface area contributed by atoms with Gasteiger partial charge in [-0.2, -0.15) is 0 Å². The van der Waals surface area contributed by atoms with Crippen LogP contribution in [0.3, 0.4) is 0 Å². The van der Waals surface area contributed by atoms with Gasteiger partial charge in [0.1, 0.15) is 18.1 Å². The third kappa shape index (κ3) is 4.84. The van der Waals surface area contributed by atoms with Crippen molar-refractivity contribution < 1.29 is 14.5 Å². The Kier molecular flexibility index (Phi) is 6.39. The molecule has 114 valence electrons. The molecule has 0 bridgehead atoms. The van der Waals surface area contributed by atoms with Crippen molar-refractivity contribution in [1.29, 1.82) is 0 Å². The number of hydrogen-bond donors (Lipinski definition) is 3. The van der Waals surface area contributed by atoms with Crippen molar-refractivity contribution in [1.82, 2.24) is 5.32 Å². The molecule has 0 aliphatic rings. The van der Waals surface area contributed by atoms with Crippen LogP contribution >= 0.6 is 8.38 Å². The first-order valence-corrected chi connectivity index (χ1v) is 8.13. The molecule has 0 aromatic heterocycles. The van der Waals surface area contributed by atoms with Gasteiger partial charge < -0.3 is 14.5 Å². The van der Waals surface area contributed by atoms with Crippen LogP contribution < -0.4 is 10.1 Å². The Morgan fingerprint density at radius 1 is 1.09 bits per heavy atom. The molecule has 0 fully saturated rings. The minimum atomic E-state index is -2.14. The van der Waals surface area contributed by atoms with Gasteiger partial charge in [0.15, 0.2) is 8.38 Å². The molecular formula is C17H18NO3P. The molecule has 2 aromatic rings. The Bertz CT molecular complexity index is 608. The van der Waals surface area contributed by atoms with Crippen molar-refractivity contribution in [3.63, 3.8) is 0 Å². The smallest absolute Gasteiger partial charge is 0.188 e. The summed E-state index contributed by atoms with van der Waals surface area (Å²) in [5.41, 5.74) is 1.87. The molecule has 1 atom stereocenters. The molecule has 4 nitrogen and oxygen atoms in total. The van der Waals surface area contributed by atoms with Gasteiger partial charge in [-0.15, -0.1) is 6.42 Å². The highest BCUT2D eigenvalue weighted by Crippen LogP contribution is 2.42. The Morgan fingerprint density at radius 2 is 1.77 bits per heavy atom. The standard InChI is InChI=1S/C17H18NO3P/c1-2-12-21-16-10-8-15(9-11-16)17(22(19)20)18-13-14-6-4-3-5-7-14/h1,3-11,17-20H,12-13H2. The largest absolute Gasteiger partial charge is 0.481 e. The summed E-state index contributed by atoms with van der Waals surface area (Å²) in [6.07, 6.45) is 5.14. The summed E-state index contributed by atoms with van der Waals surface area (Å²) < 4.78 is 5.30. The van der Waals surface area contributed by atoms with Crippen molar-refractivity contribution in [3.05, 3.63) is 65.7 Å². The van der Waals surface area contributed by atoms with Crippen molar-refractivity contribution in [2.45, 2.75) is 12.3 Å². The second-order valence-corrected chi connectivity index (χ2v) is 5.81. The maximum Gasteiger partial charge on any atom is 0.188 e. The number of nitrogens with one attached hydrogen (secondary N) is 1. The highest BCUT2D eigenvalue weighted by Gasteiger charge is 2.19. The van der Waals surface area contributed by atoms with E-state index in [4.69, 9.17) is 11.2 Å². The predicted molar refractivity (Wildman–Crippen MR) is 88.2 cm³/mol. The van der Waals surface area contributed by atoms with E-state index >= 15 is 0 Å². The molecule has 5 heteroatoms. The summed E-state index contributed by atoms with van der Waals surface area (Å²) in [5.74, 6) is 2.54. The molecule has 3 N–H and O–H groups in total. The van der Waals surface area contributed by atoms with Gasteiger partial charge in [-0.25, -0.2) is 0 Å². The summed E-state index contributed by atoms with van der Waals surface area (Å²) >= 11 is 0. The van der Waals surface area contributed by atoms with E-state index in [-0.39, 0.29) is 6.61 Å².